The summed E-state index contributed by atoms with van der Waals surface area (Å²) >= 11 is 4.40. The van der Waals surface area contributed by atoms with E-state index in [-0.39, 0.29) is 5.75 Å². The predicted octanol–water partition coefficient (Wildman–Crippen LogP) is 4.76. The fourth-order valence-electron chi connectivity index (χ4n) is 3.29. The van der Waals surface area contributed by atoms with Crippen molar-refractivity contribution in [1.29, 1.82) is 0 Å². The number of carbonyl (C=O) groups excluding carboxylic acids is 1. The van der Waals surface area contributed by atoms with Crippen molar-refractivity contribution >= 4 is 39.8 Å². The van der Waals surface area contributed by atoms with E-state index in [1.807, 2.05) is 13.8 Å². The summed E-state index contributed by atoms with van der Waals surface area (Å²) in [5, 5.41) is 0.858. The van der Waals surface area contributed by atoms with E-state index in [0.29, 0.717) is 38.2 Å². The quantitative estimate of drug-likeness (QED) is 0.248. The van der Waals surface area contributed by atoms with Crippen LogP contribution in [0.2, 0.25) is 5.02 Å². The first kappa shape index (κ1) is 22.1. The Hall–Kier alpha value is -3.07. The van der Waals surface area contributed by atoms with Gasteiger partial charge in [-0.05, 0) is 50.2 Å². The first-order valence-electron chi connectivity index (χ1n) is 9.70. The highest BCUT2D eigenvalue weighted by Gasteiger charge is 2.21. The number of hydrogen-bond acceptors (Lipinski definition) is 6. The van der Waals surface area contributed by atoms with Crippen LogP contribution < -0.4 is 9.47 Å². The molecular formula is C23H20ClN3O4S. The molecule has 0 radical (unpaired) electrons. The van der Waals surface area contributed by atoms with Crippen LogP contribution in [0.1, 0.15) is 27.2 Å². The molecule has 2 aromatic carbocycles. The van der Waals surface area contributed by atoms with Crippen LogP contribution in [0.5, 0.6) is 11.5 Å². The van der Waals surface area contributed by atoms with Gasteiger partial charge in [0.15, 0.2) is 5.75 Å². The van der Waals surface area contributed by atoms with Crippen LogP contribution in [-0.4, -0.2) is 32.6 Å². The number of carbonyl (C=O) groups is 1. The fraction of sp³-hybridized carbons (Fsp3) is 0.174. The maximum Gasteiger partial charge on any atom is 0.343 e. The number of aromatic nitrogens is 3. The minimum Gasteiger partial charge on any atom is -0.609 e. The summed E-state index contributed by atoms with van der Waals surface area (Å²) in [5.74, 6) is 0.766. The van der Waals surface area contributed by atoms with Crippen LogP contribution >= 0.6 is 11.6 Å². The standard InChI is InChI=1S/C23H20ClN3O4S/c1-13-11-25-20(14(2)21(13)30-3)12-32(29)23-26-18-9-8-17(10-19(18)27-23)31-22(28)15-4-6-16(24)7-5-15/h4-11H,12H2,1-3H3,(H,26,27). The molecule has 0 saturated carbocycles. The van der Waals surface area contributed by atoms with E-state index in [9.17, 15) is 9.35 Å². The highest BCUT2D eigenvalue weighted by atomic mass is 35.5. The largest absolute Gasteiger partial charge is 0.609 e. The SMILES string of the molecule is COc1c(C)cnc(C[S+]([O-])c2nc3cc(OC(=O)c4ccc(Cl)cc4)ccc3[nH]2)c1C. The van der Waals surface area contributed by atoms with Crippen molar-refractivity contribution in [3.8, 4) is 11.5 Å². The Labute approximate surface area is 192 Å². The van der Waals surface area contributed by atoms with Gasteiger partial charge < -0.3 is 14.0 Å². The van der Waals surface area contributed by atoms with E-state index in [4.69, 9.17) is 21.1 Å². The third-order valence-corrected chi connectivity index (χ3v) is 6.37. The third-order valence-electron chi connectivity index (χ3n) is 4.96. The van der Waals surface area contributed by atoms with E-state index >= 15 is 0 Å². The van der Waals surface area contributed by atoms with Crippen molar-refractivity contribution < 1.29 is 18.8 Å². The zero-order valence-electron chi connectivity index (χ0n) is 17.6. The number of H-pyrrole nitrogens is 1. The molecule has 9 heteroatoms. The van der Waals surface area contributed by atoms with Gasteiger partial charge in [-0.15, -0.1) is 0 Å². The van der Waals surface area contributed by atoms with E-state index in [1.165, 1.54) is 0 Å². The van der Waals surface area contributed by atoms with Crippen molar-refractivity contribution in [2.24, 2.45) is 0 Å². The summed E-state index contributed by atoms with van der Waals surface area (Å²) in [5.41, 5.74) is 4.07. The molecule has 0 spiro atoms. The number of ether oxygens (including phenoxy) is 2. The molecule has 0 fully saturated rings. The molecule has 4 aromatic rings. The van der Waals surface area contributed by atoms with E-state index in [2.05, 4.69) is 15.0 Å². The molecule has 0 amide bonds. The summed E-state index contributed by atoms with van der Waals surface area (Å²) in [7, 11) is 1.60. The molecule has 32 heavy (non-hydrogen) atoms. The molecule has 0 saturated heterocycles. The number of fused-ring (bicyclic) bond motifs is 1. The Bertz CT molecular complexity index is 1290. The number of aromatic amines is 1. The lowest BCUT2D eigenvalue weighted by molar-refractivity contribution is 0.0735. The van der Waals surface area contributed by atoms with E-state index in [1.54, 1.807) is 55.8 Å². The van der Waals surface area contributed by atoms with Crippen LogP contribution in [-0.2, 0) is 16.9 Å². The number of benzene rings is 2. The van der Waals surface area contributed by atoms with Crippen molar-refractivity contribution in [3.05, 3.63) is 76.1 Å². The maximum absolute atomic E-state index is 12.9. The molecule has 1 atom stereocenters. The number of nitrogens with zero attached hydrogens (tertiary/aromatic N) is 2. The van der Waals surface area contributed by atoms with Gasteiger partial charge in [0.1, 0.15) is 11.5 Å². The molecule has 2 heterocycles. The zero-order chi connectivity index (χ0) is 22.8. The summed E-state index contributed by atoms with van der Waals surface area (Å²) in [6.45, 7) is 3.81. The van der Waals surface area contributed by atoms with Crippen LogP contribution in [0.25, 0.3) is 11.0 Å². The maximum atomic E-state index is 12.9. The van der Waals surface area contributed by atoms with Gasteiger partial charge in [-0.3, -0.25) is 9.97 Å². The Kier molecular flexibility index (Phi) is 6.36. The second kappa shape index (κ2) is 9.20. The number of hydrogen-bond donors (Lipinski definition) is 1. The number of methoxy groups -OCH3 is 1. The molecule has 1 N–H and O–H groups in total. The van der Waals surface area contributed by atoms with Gasteiger partial charge in [0.2, 0.25) is 0 Å². The van der Waals surface area contributed by atoms with Gasteiger partial charge in [-0.2, -0.15) is 4.98 Å². The second-order valence-electron chi connectivity index (χ2n) is 7.15. The van der Waals surface area contributed by atoms with E-state index in [0.717, 1.165) is 16.9 Å². The number of nitrogens with one attached hydrogen (secondary N) is 1. The lowest BCUT2D eigenvalue weighted by atomic mass is 10.1. The fourth-order valence-corrected chi connectivity index (χ4v) is 4.52. The average molecular weight is 470 g/mol. The van der Waals surface area contributed by atoms with Gasteiger partial charge in [0, 0.05) is 39.6 Å². The van der Waals surface area contributed by atoms with Crippen LogP contribution in [0.15, 0.2) is 53.8 Å². The van der Waals surface area contributed by atoms with Crippen molar-refractivity contribution in [2.75, 3.05) is 7.11 Å². The number of halogens is 1. The van der Waals surface area contributed by atoms with Gasteiger partial charge >= 0.3 is 11.1 Å². The first-order chi connectivity index (χ1) is 15.4. The molecule has 0 aliphatic rings. The molecule has 164 valence electrons. The Morgan fingerprint density at radius 2 is 1.94 bits per heavy atom. The third kappa shape index (κ3) is 4.57. The second-order valence-corrected chi connectivity index (χ2v) is 8.96. The number of aryl methyl sites for hydroxylation is 1. The monoisotopic (exact) mass is 469 g/mol. The Morgan fingerprint density at radius 1 is 1.19 bits per heavy atom. The number of esters is 1. The van der Waals surface area contributed by atoms with E-state index < -0.39 is 17.1 Å². The zero-order valence-corrected chi connectivity index (χ0v) is 19.2. The molecule has 2 aromatic heterocycles. The minimum atomic E-state index is -1.45. The van der Waals surface area contributed by atoms with Gasteiger partial charge in [0.25, 0.3) is 0 Å². The molecule has 7 nitrogen and oxygen atoms in total. The van der Waals surface area contributed by atoms with Crippen molar-refractivity contribution in [1.82, 2.24) is 15.0 Å². The van der Waals surface area contributed by atoms with Gasteiger partial charge in [-0.1, -0.05) is 11.6 Å². The normalized spacial score (nSPS) is 12.0. The topological polar surface area (TPSA) is 100 Å². The smallest absolute Gasteiger partial charge is 0.343 e. The summed E-state index contributed by atoms with van der Waals surface area (Å²) < 4.78 is 23.8. The Balaban J connectivity index is 1.52. The number of imidazole rings is 1. The lowest BCUT2D eigenvalue weighted by Gasteiger charge is -2.13. The molecule has 0 bridgehead atoms. The molecule has 0 aliphatic carbocycles. The van der Waals surface area contributed by atoms with Crippen molar-refractivity contribution in [3.63, 3.8) is 0 Å². The number of pyridine rings is 1. The summed E-state index contributed by atoms with van der Waals surface area (Å²) in [4.78, 5) is 24.2. The van der Waals surface area contributed by atoms with Crippen LogP contribution in [0.4, 0.5) is 0 Å². The molecule has 1 unspecified atom stereocenters. The molecule has 0 aliphatic heterocycles. The van der Waals surface area contributed by atoms with Crippen molar-refractivity contribution in [2.45, 2.75) is 24.8 Å². The average Bonchev–Trinajstić information content (AvgIpc) is 3.20. The highest BCUT2D eigenvalue weighted by Crippen LogP contribution is 2.27. The molecular weight excluding hydrogens is 450 g/mol. The summed E-state index contributed by atoms with van der Waals surface area (Å²) in [6, 6.07) is 11.4. The predicted molar refractivity (Wildman–Crippen MR) is 123 cm³/mol. The van der Waals surface area contributed by atoms with Crippen LogP contribution in [0, 0.1) is 13.8 Å². The first-order valence-corrected chi connectivity index (χ1v) is 11.4. The van der Waals surface area contributed by atoms with Gasteiger partial charge in [-0.25, -0.2) is 4.79 Å². The number of rotatable bonds is 6. The molecule has 4 rings (SSSR count). The van der Waals surface area contributed by atoms with Gasteiger partial charge in [0.05, 0.1) is 29.4 Å². The highest BCUT2D eigenvalue weighted by molar-refractivity contribution is 7.90. The van der Waals surface area contributed by atoms with Crippen LogP contribution in [0.3, 0.4) is 0 Å². The minimum absolute atomic E-state index is 0.195. The Morgan fingerprint density at radius 3 is 2.66 bits per heavy atom. The summed E-state index contributed by atoms with van der Waals surface area (Å²) in [6.07, 6.45) is 1.71. The lowest BCUT2D eigenvalue weighted by Crippen LogP contribution is -2.10.